The van der Waals surface area contributed by atoms with Gasteiger partial charge in [-0.25, -0.2) is 0 Å². The number of nitrogens with zero attached hydrogens (tertiary/aromatic N) is 1. The van der Waals surface area contributed by atoms with Crippen molar-refractivity contribution in [1.29, 1.82) is 0 Å². The largest absolute Gasteiger partial charge is 0.387 e. The summed E-state index contributed by atoms with van der Waals surface area (Å²) in [7, 11) is 0. The molecule has 1 heterocycles. The lowest BCUT2D eigenvalue weighted by Crippen LogP contribution is -2.39. The van der Waals surface area contributed by atoms with E-state index in [2.05, 4.69) is 11.9 Å². The summed E-state index contributed by atoms with van der Waals surface area (Å²) in [5.41, 5.74) is 0.668. The molecule has 0 saturated heterocycles. The van der Waals surface area contributed by atoms with Crippen molar-refractivity contribution < 1.29 is 10.2 Å². The smallest absolute Gasteiger partial charge is 0.109 e. The number of rotatable bonds is 2. The maximum atomic E-state index is 10.5. The van der Waals surface area contributed by atoms with Crippen molar-refractivity contribution >= 4 is 0 Å². The van der Waals surface area contributed by atoms with Crippen molar-refractivity contribution in [3.8, 4) is 0 Å². The zero-order valence-corrected chi connectivity index (χ0v) is 10.6. The quantitative estimate of drug-likeness (QED) is 0.827. The molecular weight excluding hydrogens is 214 g/mol. The van der Waals surface area contributed by atoms with Crippen molar-refractivity contribution in [2.75, 3.05) is 0 Å². The maximum absolute atomic E-state index is 10.5. The molecule has 1 saturated carbocycles. The zero-order chi connectivity index (χ0) is 12.5. The molecule has 0 bridgehead atoms. The van der Waals surface area contributed by atoms with Crippen molar-refractivity contribution in [1.82, 2.24) is 4.98 Å². The monoisotopic (exact) mass is 235 g/mol. The topological polar surface area (TPSA) is 53.4 Å². The highest BCUT2D eigenvalue weighted by atomic mass is 16.3. The third kappa shape index (κ3) is 2.67. The maximum Gasteiger partial charge on any atom is 0.109 e. The van der Waals surface area contributed by atoms with Crippen LogP contribution in [0.1, 0.15) is 50.0 Å². The predicted octanol–water partition coefficient (Wildman–Crippen LogP) is 2.36. The first-order valence-electron chi connectivity index (χ1n) is 6.34. The number of aliphatic hydroxyl groups excluding tert-OH is 1. The molecule has 3 heteroatoms. The SMILES string of the molecule is Cc1ccc(C(O)C2(O)CCC(C)CC2)cn1. The highest BCUT2D eigenvalue weighted by Crippen LogP contribution is 2.40. The van der Waals surface area contributed by atoms with Crippen LogP contribution >= 0.6 is 0 Å². The van der Waals surface area contributed by atoms with Crippen molar-refractivity contribution in [3.05, 3.63) is 29.6 Å². The van der Waals surface area contributed by atoms with Crippen molar-refractivity contribution in [2.45, 2.75) is 51.2 Å². The molecule has 0 aliphatic heterocycles. The normalized spacial score (nSPS) is 31.2. The van der Waals surface area contributed by atoms with Crippen LogP contribution < -0.4 is 0 Å². The Labute approximate surface area is 103 Å². The average Bonchev–Trinajstić information content (AvgIpc) is 2.33. The summed E-state index contributed by atoms with van der Waals surface area (Å²) in [6, 6.07) is 3.72. The van der Waals surface area contributed by atoms with Crippen LogP contribution in [0.25, 0.3) is 0 Å². The van der Waals surface area contributed by atoms with E-state index < -0.39 is 11.7 Å². The van der Waals surface area contributed by atoms with Gasteiger partial charge in [0.2, 0.25) is 0 Å². The van der Waals surface area contributed by atoms with Gasteiger partial charge < -0.3 is 10.2 Å². The van der Waals surface area contributed by atoms with Gasteiger partial charge in [0, 0.05) is 17.5 Å². The summed E-state index contributed by atoms with van der Waals surface area (Å²) in [4.78, 5) is 4.17. The third-order valence-electron chi connectivity index (χ3n) is 3.90. The molecule has 94 valence electrons. The minimum atomic E-state index is -0.969. The molecule has 3 nitrogen and oxygen atoms in total. The fourth-order valence-corrected chi connectivity index (χ4v) is 2.49. The second kappa shape index (κ2) is 4.75. The minimum absolute atomic E-state index is 0.651. The summed E-state index contributed by atoms with van der Waals surface area (Å²) in [5, 5.41) is 20.8. The summed E-state index contributed by atoms with van der Waals surface area (Å²) < 4.78 is 0. The fraction of sp³-hybridized carbons (Fsp3) is 0.643. The molecule has 1 aromatic rings. The van der Waals surface area contributed by atoms with Crippen LogP contribution in [-0.2, 0) is 0 Å². The summed E-state index contributed by atoms with van der Waals surface area (Å²) in [6.45, 7) is 4.10. The molecule has 1 fully saturated rings. The van der Waals surface area contributed by atoms with E-state index in [4.69, 9.17) is 0 Å². The Hall–Kier alpha value is -0.930. The van der Waals surface area contributed by atoms with Gasteiger partial charge in [-0.15, -0.1) is 0 Å². The lowest BCUT2D eigenvalue weighted by atomic mass is 9.75. The Kier molecular flexibility index (Phi) is 3.50. The van der Waals surface area contributed by atoms with Crippen LogP contribution in [0.4, 0.5) is 0 Å². The first-order chi connectivity index (χ1) is 8.01. The van der Waals surface area contributed by atoms with Crippen LogP contribution in [-0.4, -0.2) is 20.8 Å². The van der Waals surface area contributed by atoms with Crippen LogP contribution in [0, 0.1) is 12.8 Å². The predicted molar refractivity (Wildman–Crippen MR) is 66.5 cm³/mol. The molecule has 1 atom stereocenters. The number of pyridine rings is 1. The number of aryl methyl sites for hydroxylation is 1. The Morgan fingerprint density at radius 2 is 2.00 bits per heavy atom. The van der Waals surface area contributed by atoms with Gasteiger partial charge in [-0.2, -0.15) is 0 Å². The van der Waals surface area contributed by atoms with E-state index >= 15 is 0 Å². The van der Waals surface area contributed by atoms with Gasteiger partial charge >= 0.3 is 0 Å². The standard InChI is InChI=1S/C14H21NO2/c1-10-5-7-14(17,8-6-10)13(16)12-4-3-11(2)15-9-12/h3-4,9-10,13,16-17H,5-8H2,1-2H3. The molecule has 1 unspecified atom stereocenters. The van der Waals surface area contributed by atoms with E-state index in [1.54, 1.807) is 6.20 Å². The molecule has 2 N–H and O–H groups in total. The minimum Gasteiger partial charge on any atom is -0.387 e. The summed E-state index contributed by atoms with van der Waals surface area (Å²) >= 11 is 0. The number of hydrogen-bond acceptors (Lipinski definition) is 3. The van der Waals surface area contributed by atoms with Gasteiger partial charge in [-0.1, -0.05) is 13.0 Å². The molecule has 1 aliphatic carbocycles. The lowest BCUT2D eigenvalue weighted by molar-refractivity contribution is -0.105. The number of aromatic nitrogens is 1. The average molecular weight is 235 g/mol. The van der Waals surface area contributed by atoms with Crippen LogP contribution in [0.5, 0.6) is 0 Å². The number of hydrogen-bond donors (Lipinski definition) is 2. The van der Waals surface area contributed by atoms with Gasteiger partial charge in [0.25, 0.3) is 0 Å². The summed E-state index contributed by atoms with van der Waals surface area (Å²) in [5.74, 6) is 0.651. The van der Waals surface area contributed by atoms with E-state index in [0.717, 1.165) is 18.5 Å². The van der Waals surface area contributed by atoms with Gasteiger partial charge in [0.05, 0.1) is 5.60 Å². The number of aliphatic hydroxyl groups is 2. The van der Waals surface area contributed by atoms with Crippen molar-refractivity contribution in [3.63, 3.8) is 0 Å². The van der Waals surface area contributed by atoms with Gasteiger partial charge in [0.15, 0.2) is 0 Å². The molecule has 2 rings (SSSR count). The molecule has 0 radical (unpaired) electrons. The highest BCUT2D eigenvalue weighted by Gasteiger charge is 2.39. The first kappa shape index (κ1) is 12.5. The van der Waals surface area contributed by atoms with Gasteiger partial charge in [0.1, 0.15) is 6.10 Å². The van der Waals surface area contributed by atoms with Crippen molar-refractivity contribution in [2.24, 2.45) is 5.92 Å². The Balaban J connectivity index is 2.13. The van der Waals surface area contributed by atoms with E-state index in [1.165, 1.54) is 0 Å². The van der Waals surface area contributed by atoms with Gasteiger partial charge in [-0.3, -0.25) is 4.98 Å². The molecule has 17 heavy (non-hydrogen) atoms. The second-order valence-electron chi connectivity index (χ2n) is 5.42. The van der Waals surface area contributed by atoms with E-state index in [9.17, 15) is 10.2 Å². The van der Waals surface area contributed by atoms with Crippen LogP contribution in [0.2, 0.25) is 0 Å². The first-order valence-corrected chi connectivity index (χ1v) is 6.34. The molecule has 0 aromatic carbocycles. The molecule has 1 aromatic heterocycles. The lowest BCUT2D eigenvalue weighted by Gasteiger charge is -2.38. The molecule has 1 aliphatic rings. The third-order valence-corrected chi connectivity index (χ3v) is 3.90. The van der Waals surface area contributed by atoms with Crippen LogP contribution in [0.3, 0.4) is 0 Å². The highest BCUT2D eigenvalue weighted by molar-refractivity contribution is 5.19. The Morgan fingerprint density at radius 1 is 1.35 bits per heavy atom. The fourth-order valence-electron chi connectivity index (χ4n) is 2.49. The van der Waals surface area contributed by atoms with E-state index in [0.29, 0.717) is 24.3 Å². The Bertz CT molecular complexity index is 366. The van der Waals surface area contributed by atoms with E-state index in [-0.39, 0.29) is 0 Å². The van der Waals surface area contributed by atoms with Gasteiger partial charge in [-0.05, 0) is 44.6 Å². The zero-order valence-electron chi connectivity index (χ0n) is 10.6. The molecular formula is C14H21NO2. The Morgan fingerprint density at radius 3 is 2.53 bits per heavy atom. The molecule has 0 spiro atoms. The second-order valence-corrected chi connectivity index (χ2v) is 5.42. The van der Waals surface area contributed by atoms with Crippen LogP contribution in [0.15, 0.2) is 18.3 Å². The molecule has 0 amide bonds. The summed E-state index contributed by atoms with van der Waals surface area (Å²) in [6.07, 6.45) is 4.14. The van der Waals surface area contributed by atoms with E-state index in [1.807, 2.05) is 19.1 Å².